The standard InChI is InChI=1S/C10H20/c1-10(2,3)9-7-5-4-6-8-9/h9H,4-8H2,1-3H3/i4D2,5D2,6D2,7D2,8D2. The van der Waals surface area contributed by atoms with E-state index in [1.165, 1.54) is 20.8 Å². The van der Waals surface area contributed by atoms with Gasteiger partial charge in [-0.05, 0) is 24.1 Å². The van der Waals surface area contributed by atoms with Gasteiger partial charge < -0.3 is 0 Å². The molecule has 0 atom stereocenters. The van der Waals surface area contributed by atoms with Crippen molar-refractivity contribution in [3.8, 4) is 0 Å². The zero-order valence-corrected chi connectivity index (χ0v) is 6.58. The second-order valence-corrected chi connectivity index (χ2v) is 3.46. The first-order chi connectivity index (χ1) is 8.37. The normalized spacial score (nSPS) is 63.1. The molecular weight excluding hydrogens is 120 g/mol. The molecule has 0 radical (unpaired) electrons. The molecule has 0 heteroatoms. The molecule has 0 nitrogen and oxygen atoms in total. The van der Waals surface area contributed by atoms with Crippen LogP contribution in [-0.4, -0.2) is 0 Å². The summed E-state index contributed by atoms with van der Waals surface area (Å²) in [5.41, 5.74) is -1.08. The Hall–Kier alpha value is 0. The fourth-order valence-corrected chi connectivity index (χ4v) is 0.717. The third kappa shape index (κ3) is 2.00. The van der Waals surface area contributed by atoms with E-state index in [1.54, 1.807) is 0 Å². The van der Waals surface area contributed by atoms with E-state index in [-0.39, 0.29) is 0 Å². The molecule has 0 aromatic carbocycles. The highest BCUT2D eigenvalue weighted by molar-refractivity contribution is 4.76. The molecule has 1 aliphatic rings. The lowest BCUT2D eigenvalue weighted by Gasteiger charge is -2.33. The first-order valence-corrected chi connectivity index (χ1v) is 3.37. The smallest absolute Gasteiger partial charge is 0.0270 e. The predicted octanol–water partition coefficient (Wildman–Crippen LogP) is 3.61. The van der Waals surface area contributed by atoms with Crippen LogP contribution in [0.1, 0.15) is 66.3 Å². The van der Waals surface area contributed by atoms with E-state index in [0.717, 1.165) is 0 Å². The lowest BCUT2D eigenvalue weighted by Crippen LogP contribution is -2.22. The Labute approximate surface area is 79.1 Å². The monoisotopic (exact) mass is 150 g/mol. The molecular formula is C10H20. The predicted molar refractivity (Wildman–Crippen MR) is 46.0 cm³/mol. The lowest BCUT2D eigenvalue weighted by atomic mass is 9.72. The maximum atomic E-state index is 7.97. The average molecular weight is 150 g/mol. The van der Waals surface area contributed by atoms with Crippen molar-refractivity contribution in [3.05, 3.63) is 0 Å². The Morgan fingerprint density at radius 3 is 2.00 bits per heavy atom. The average Bonchev–Trinajstić information content (AvgIpc) is 2.11. The summed E-state index contributed by atoms with van der Waals surface area (Å²) < 4.78 is 78.4. The van der Waals surface area contributed by atoms with Gasteiger partial charge in [0.1, 0.15) is 0 Å². The summed E-state index contributed by atoms with van der Waals surface area (Å²) >= 11 is 0. The van der Waals surface area contributed by atoms with Crippen LogP contribution in [0.5, 0.6) is 0 Å². The van der Waals surface area contributed by atoms with Crippen LogP contribution >= 0.6 is 0 Å². The Kier molecular flexibility index (Phi) is 0.595. The maximum Gasteiger partial charge on any atom is 0.0270 e. The quantitative estimate of drug-likeness (QED) is 0.495. The topological polar surface area (TPSA) is 0 Å². The SMILES string of the molecule is [2H]C1([2H])C(C(C)(C)C)C([2H])([2H])C([2H])([2H])C([2H])([2H])C1([2H])[2H]. The van der Waals surface area contributed by atoms with E-state index < -0.39 is 43.2 Å². The summed E-state index contributed by atoms with van der Waals surface area (Å²) in [6.07, 6.45) is -15.3. The molecule has 0 aromatic rings. The number of hydrogen-bond acceptors (Lipinski definition) is 0. The van der Waals surface area contributed by atoms with Gasteiger partial charge in [0.25, 0.3) is 0 Å². The Bertz CT molecular complexity index is 373. The van der Waals surface area contributed by atoms with Gasteiger partial charge in [-0.3, -0.25) is 0 Å². The molecule has 0 bridgehead atoms. The Morgan fingerprint density at radius 2 is 1.60 bits per heavy atom. The second kappa shape index (κ2) is 2.94. The van der Waals surface area contributed by atoms with E-state index in [2.05, 4.69) is 0 Å². The molecule has 0 spiro atoms. The molecule has 1 rings (SSSR count). The summed E-state index contributed by atoms with van der Waals surface area (Å²) in [7, 11) is 0. The van der Waals surface area contributed by atoms with Gasteiger partial charge in [0.2, 0.25) is 0 Å². The van der Waals surface area contributed by atoms with E-state index >= 15 is 0 Å². The van der Waals surface area contributed by atoms with Crippen molar-refractivity contribution in [3.63, 3.8) is 0 Å². The van der Waals surface area contributed by atoms with Crippen molar-refractivity contribution in [2.24, 2.45) is 11.3 Å². The highest BCUT2D eigenvalue weighted by Crippen LogP contribution is 2.37. The van der Waals surface area contributed by atoms with Gasteiger partial charge in [-0.15, -0.1) is 0 Å². The molecule has 1 fully saturated rings. The van der Waals surface area contributed by atoms with E-state index in [1.807, 2.05) is 0 Å². The number of rotatable bonds is 0. The van der Waals surface area contributed by atoms with Crippen molar-refractivity contribution < 1.29 is 13.7 Å². The Morgan fingerprint density at radius 1 is 1.10 bits per heavy atom. The van der Waals surface area contributed by atoms with Gasteiger partial charge in [-0.1, -0.05) is 39.9 Å². The first-order valence-electron chi connectivity index (χ1n) is 8.37. The van der Waals surface area contributed by atoms with Gasteiger partial charge in [0.15, 0.2) is 0 Å². The minimum absolute atomic E-state index is 1.08. The highest BCUT2D eigenvalue weighted by atomic mass is 14.3. The fraction of sp³-hybridized carbons (Fsp3) is 1.00. The van der Waals surface area contributed by atoms with Crippen molar-refractivity contribution >= 4 is 0 Å². The van der Waals surface area contributed by atoms with E-state index in [0.29, 0.717) is 0 Å². The summed E-state index contributed by atoms with van der Waals surface area (Å²) in [6.45, 7) is 4.50. The fourth-order valence-electron chi connectivity index (χ4n) is 0.717. The molecule has 0 aliphatic heterocycles. The van der Waals surface area contributed by atoms with Crippen LogP contribution in [0, 0.1) is 11.3 Å². The van der Waals surface area contributed by atoms with E-state index in [4.69, 9.17) is 13.7 Å². The minimum Gasteiger partial charge on any atom is -0.0599 e. The third-order valence-corrected chi connectivity index (χ3v) is 1.42. The van der Waals surface area contributed by atoms with Crippen LogP contribution in [0.25, 0.3) is 0 Å². The van der Waals surface area contributed by atoms with Crippen LogP contribution in [0.4, 0.5) is 0 Å². The second-order valence-electron chi connectivity index (χ2n) is 3.46. The van der Waals surface area contributed by atoms with Crippen LogP contribution in [0.15, 0.2) is 0 Å². The summed E-state index contributed by atoms with van der Waals surface area (Å²) in [6, 6.07) is 0. The van der Waals surface area contributed by atoms with Gasteiger partial charge in [-0.25, -0.2) is 0 Å². The molecule has 1 aliphatic carbocycles. The number of hydrogen-bond donors (Lipinski definition) is 0. The van der Waals surface area contributed by atoms with Crippen molar-refractivity contribution in [1.29, 1.82) is 0 Å². The van der Waals surface area contributed by atoms with Crippen LogP contribution in [0.3, 0.4) is 0 Å². The molecule has 10 heavy (non-hydrogen) atoms. The van der Waals surface area contributed by atoms with E-state index in [9.17, 15) is 0 Å². The van der Waals surface area contributed by atoms with Crippen molar-refractivity contribution in [1.82, 2.24) is 0 Å². The summed E-state index contributed by atoms with van der Waals surface area (Å²) in [5.74, 6) is -1.64. The van der Waals surface area contributed by atoms with Gasteiger partial charge >= 0.3 is 0 Å². The van der Waals surface area contributed by atoms with Crippen molar-refractivity contribution in [2.75, 3.05) is 0 Å². The molecule has 60 valence electrons. The van der Waals surface area contributed by atoms with Crippen molar-refractivity contribution in [2.45, 2.75) is 52.6 Å². The molecule has 0 amide bonds. The van der Waals surface area contributed by atoms with Gasteiger partial charge in [-0.2, -0.15) is 0 Å². The Balaban J connectivity index is 3.74. The molecule has 0 aromatic heterocycles. The molecule has 0 N–H and O–H groups in total. The van der Waals surface area contributed by atoms with Crippen LogP contribution in [-0.2, 0) is 0 Å². The third-order valence-electron chi connectivity index (χ3n) is 1.42. The van der Waals surface area contributed by atoms with Crippen LogP contribution < -0.4 is 0 Å². The van der Waals surface area contributed by atoms with Gasteiger partial charge in [0.05, 0.1) is 0 Å². The molecule has 1 saturated carbocycles. The highest BCUT2D eigenvalue weighted by Gasteiger charge is 2.25. The summed E-state index contributed by atoms with van der Waals surface area (Å²) in [4.78, 5) is 0. The zero-order valence-electron chi connectivity index (χ0n) is 16.6. The maximum absolute atomic E-state index is 7.97. The lowest BCUT2D eigenvalue weighted by molar-refractivity contribution is 0.180. The molecule has 0 heterocycles. The largest absolute Gasteiger partial charge is 0.0599 e. The summed E-state index contributed by atoms with van der Waals surface area (Å²) in [5, 5.41) is 0. The van der Waals surface area contributed by atoms with Crippen LogP contribution in [0.2, 0.25) is 0 Å². The van der Waals surface area contributed by atoms with Gasteiger partial charge in [0, 0.05) is 13.7 Å². The first kappa shape index (κ1) is 2.02. The zero-order chi connectivity index (χ0) is 16.6. The molecule has 0 saturated heterocycles. The minimum atomic E-state index is -3.30. The molecule has 0 unspecified atom stereocenters.